The van der Waals surface area contributed by atoms with E-state index in [2.05, 4.69) is 15.6 Å². The Labute approximate surface area is 192 Å². The molecule has 0 aliphatic carbocycles. The smallest absolute Gasteiger partial charge is 0.247 e. The number of nitrogens with one attached hydrogen (secondary N) is 1. The van der Waals surface area contributed by atoms with Crippen molar-refractivity contribution in [3.63, 3.8) is 0 Å². The molecule has 3 aromatic rings. The molecule has 8 nitrogen and oxygen atoms in total. The van der Waals surface area contributed by atoms with Crippen LogP contribution in [0.25, 0.3) is 11.0 Å². The van der Waals surface area contributed by atoms with E-state index in [9.17, 15) is 14.0 Å². The van der Waals surface area contributed by atoms with Gasteiger partial charge in [-0.3, -0.25) is 9.59 Å². The lowest BCUT2D eigenvalue weighted by atomic mass is 9.98. The van der Waals surface area contributed by atoms with Crippen molar-refractivity contribution in [3.05, 3.63) is 59.9 Å². The predicted molar refractivity (Wildman–Crippen MR) is 123 cm³/mol. The first kappa shape index (κ1) is 24.3. The SMILES string of the molecule is CCC(C)(C)NC(=O)[C@H](c1ccc(F)cc1)N(CCOC)C(=O)Cn1nnc2ccccc21. The van der Waals surface area contributed by atoms with E-state index in [1.165, 1.54) is 41.0 Å². The number of benzene rings is 2. The van der Waals surface area contributed by atoms with Crippen LogP contribution in [0.1, 0.15) is 38.8 Å². The molecule has 2 amide bonds. The monoisotopic (exact) mass is 455 g/mol. The van der Waals surface area contributed by atoms with Gasteiger partial charge in [-0.1, -0.05) is 36.4 Å². The minimum Gasteiger partial charge on any atom is -0.383 e. The topological polar surface area (TPSA) is 89.4 Å². The molecule has 0 radical (unpaired) electrons. The number of nitrogens with zero attached hydrogens (tertiary/aromatic N) is 4. The second kappa shape index (κ2) is 10.5. The molecule has 0 aliphatic rings. The van der Waals surface area contributed by atoms with E-state index in [0.29, 0.717) is 23.0 Å². The van der Waals surface area contributed by atoms with Crippen LogP contribution in [0.3, 0.4) is 0 Å². The summed E-state index contributed by atoms with van der Waals surface area (Å²) in [7, 11) is 1.53. The Morgan fingerprint density at radius 3 is 2.55 bits per heavy atom. The molecule has 0 unspecified atom stereocenters. The van der Waals surface area contributed by atoms with Crippen molar-refractivity contribution >= 4 is 22.8 Å². The van der Waals surface area contributed by atoms with Gasteiger partial charge < -0.3 is 15.0 Å². The number of methoxy groups -OCH3 is 1. The van der Waals surface area contributed by atoms with E-state index < -0.39 is 17.4 Å². The zero-order chi connectivity index (χ0) is 24.0. The van der Waals surface area contributed by atoms with Crippen molar-refractivity contribution < 1.29 is 18.7 Å². The van der Waals surface area contributed by atoms with Crippen LogP contribution < -0.4 is 5.32 Å². The van der Waals surface area contributed by atoms with Crippen LogP contribution in [-0.2, 0) is 20.9 Å². The number of hydrogen-bond acceptors (Lipinski definition) is 5. The summed E-state index contributed by atoms with van der Waals surface area (Å²) in [6.45, 7) is 6.09. The Hall–Kier alpha value is -3.33. The number of ether oxygens (including phenoxy) is 1. The second-order valence-electron chi connectivity index (χ2n) is 8.50. The van der Waals surface area contributed by atoms with Crippen LogP contribution in [0.2, 0.25) is 0 Å². The Kier molecular flexibility index (Phi) is 7.75. The molecular formula is C24H30FN5O3. The van der Waals surface area contributed by atoms with Gasteiger partial charge >= 0.3 is 0 Å². The third-order valence-electron chi connectivity index (χ3n) is 5.65. The lowest BCUT2D eigenvalue weighted by Gasteiger charge is -2.34. The van der Waals surface area contributed by atoms with Gasteiger partial charge in [0.2, 0.25) is 11.8 Å². The second-order valence-corrected chi connectivity index (χ2v) is 8.50. The molecular weight excluding hydrogens is 425 g/mol. The molecule has 0 saturated carbocycles. The normalized spacial score (nSPS) is 12.5. The van der Waals surface area contributed by atoms with Gasteiger partial charge in [0, 0.05) is 19.2 Å². The van der Waals surface area contributed by atoms with Crippen molar-refractivity contribution in [1.82, 2.24) is 25.2 Å². The average Bonchev–Trinajstić information content (AvgIpc) is 3.20. The van der Waals surface area contributed by atoms with E-state index in [4.69, 9.17) is 4.74 Å². The van der Waals surface area contributed by atoms with Crippen molar-refractivity contribution in [2.45, 2.75) is 45.3 Å². The van der Waals surface area contributed by atoms with E-state index in [1.54, 1.807) is 0 Å². The molecule has 33 heavy (non-hydrogen) atoms. The minimum atomic E-state index is -0.964. The summed E-state index contributed by atoms with van der Waals surface area (Å²) in [4.78, 5) is 28.4. The van der Waals surface area contributed by atoms with Crippen LogP contribution in [0, 0.1) is 5.82 Å². The number of fused-ring (bicyclic) bond motifs is 1. The first-order valence-corrected chi connectivity index (χ1v) is 10.9. The zero-order valence-electron chi connectivity index (χ0n) is 19.4. The molecule has 3 rings (SSSR count). The number of carbonyl (C=O) groups is 2. The number of para-hydroxylation sites is 1. The first-order valence-electron chi connectivity index (χ1n) is 10.9. The fourth-order valence-electron chi connectivity index (χ4n) is 3.45. The molecule has 0 saturated heterocycles. The first-order chi connectivity index (χ1) is 15.8. The number of aromatic nitrogens is 3. The van der Waals surface area contributed by atoms with Gasteiger partial charge in [0.1, 0.15) is 23.9 Å². The Balaban J connectivity index is 1.97. The van der Waals surface area contributed by atoms with Crippen molar-refractivity contribution in [2.24, 2.45) is 0 Å². The molecule has 1 aromatic heterocycles. The highest BCUT2D eigenvalue weighted by Gasteiger charge is 2.34. The highest BCUT2D eigenvalue weighted by Crippen LogP contribution is 2.24. The number of rotatable bonds is 10. The Morgan fingerprint density at radius 2 is 1.88 bits per heavy atom. The summed E-state index contributed by atoms with van der Waals surface area (Å²) in [6, 6.07) is 12.0. The molecule has 1 N–H and O–H groups in total. The molecule has 0 aliphatic heterocycles. The quantitative estimate of drug-likeness (QED) is 0.508. The number of halogens is 1. The molecule has 1 atom stereocenters. The van der Waals surface area contributed by atoms with E-state index in [-0.39, 0.29) is 31.5 Å². The molecule has 0 spiro atoms. The predicted octanol–water partition coefficient (Wildman–Crippen LogP) is 3.09. The summed E-state index contributed by atoms with van der Waals surface area (Å²) in [5.41, 5.74) is 1.42. The Bertz CT molecular complexity index is 1100. The maximum absolute atomic E-state index is 13.6. The largest absolute Gasteiger partial charge is 0.383 e. The van der Waals surface area contributed by atoms with Gasteiger partial charge in [-0.2, -0.15) is 0 Å². The van der Waals surface area contributed by atoms with Gasteiger partial charge in [0.05, 0.1) is 12.1 Å². The summed E-state index contributed by atoms with van der Waals surface area (Å²) in [6.07, 6.45) is 0.700. The number of amides is 2. The Morgan fingerprint density at radius 1 is 1.18 bits per heavy atom. The summed E-state index contributed by atoms with van der Waals surface area (Å²) in [5.74, 6) is -1.10. The van der Waals surface area contributed by atoms with Crippen LogP contribution in [0.15, 0.2) is 48.5 Å². The van der Waals surface area contributed by atoms with Crippen molar-refractivity contribution in [2.75, 3.05) is 20.3 Å². The molecule has 1 heterocycles. The molecule has 0 bridgehead atoms. The lowest BCUT2D eigenvalue weighted by molar-refractivity contribution is -0.142. The van der Waals surface area contributed by atoms with Gasteiger partial charge in [0.15, 0.2) is 0 Å². The molecule has 176 valence electrons. The highest BCUT2D eigenvalue weighted by atomic mass is 19.1. The van der Waals surface area contributed by atoms with Gasteiger partial charge in [-0.05, 0) is 50.1 Å². The van der Waals surface area contributed by atoms with Crippen molar-refractivity contribution in [3.8, 4) is 0 Å². The summed E-state index contributed by atoms with van der Waals surface area (Å²) >= 11 is 0. The highest BCUT2D eigenvalue weighted by molar-refractivity contribution is 5.89. The van der Waals surface area contributed by atoms with Crippen LogP contribution in [0.4, 0.5) is 4.39 Å². The van der Waals surface area contributed by atoms with E-state index in [0.717, 1.165) is 0 Å². The van der Waals surface area contributed by atoms with Gasteiger partial charge in [-0.25, -0.2) is 9.07 Å². The maximum Gasteiger partial charge on any atom is 0.247 e. The molecule has 2 aromatic carbocycles. The molecule has 0 fully saturated rings. The minimum absolute atomic E-state index is 0.105. The van der Waals surface area contributed by atoms with Gasteiger partial charge in [-0.15, -0.1) is 5.10 Å². The van der Waals surface area contributed by atoms with Crippen LogP contribution in [0.5, 0.6) is 0 Å². The van der Waals surface area contributed by atoms with Crippen LogP contribution in [-0.4, -0.2) is 57.5 Å². The lowest BCUT2D eigenvalue weighted by Crippen LogP contribution is -2.51. The van der Waals surface area contributed by atoms with Crippen LogP contribution >= 0.6 is 0 Å². The number of hydrogen-bond donors (Lipinski definition) is 1. The summed E-state index contributed by atoms with van der Waals surface area (Å²) < 4.78 is 20.3. The third-order valence-corrected chi connectivity index (χ3v) is 5.65. The maximum atomic E-state index is 13.6. The fraction of sp³-hybridized carbons (Fsp3) is 0.417. The third kappa shape index (κ3) is 5.92. The number of carbonyl (C=O) groups excluding carboxylic acids is 2. The zero-order valence-corrected chi connectivity index (χ0v) is 19.4. The molecule has 9 heteroatoms. The summed E-state index contributed by atoms with van der Waals surface area (Å²) in [5, 5.41) is 11.2. The van der Waals surface area contributed by atoms with Crippen molar-refractivity contribution in [1.29, 1.82) is 0 Å². The van der Waals surface area contributed by atoms with Gasteiger partial charge in [0.25, 0.3) is 0 Å². The van der Waals surface area contributed by atoms with E-state index in [1.807, 2.05) is 45.0 Å². The fourth-order valence-corrected chi connectivity index (χ4v) is 3.45. The standard InChI is InChI=1S/C24H30FN5O3/c1-5-24(2,3)26-23(32)22(17-10-12-18(25)13-11-17)29(14-15-33-4)21(31)16-30-20-9-7-6-8-19(20)27-28-30/h6-13,22H,5,14-16H2,1-4H3,(H,26,32)/t22-/m0/s1. The van der Waals surface area contributed by atoms with E-state index >= 15 is 0 Å². The average molecular weight is 456 g/mol.